The van der Waals surface area contributed by atoms with Crippen molar-refractivity contribution in [3.8, 4) is 0 Å². The quantitative estimate of drug-likeness (QED) is 0.355. The Balaban J connectivity index is 2.33. The second kappa shape index (κ2) is 10.3. The molecular weight excluding hydrogens is 324 g/mol. The first-order valence-electron chi connectivity index (χ1n) is 9.15. The van der Waals surface area contributed by atoms with Crippen LogP contribution in [0.4, 0.5) is 0 Å². The average Bonchev–Trinajstić information content (AvgIpc) is 2.66. The Kier molecular flexibility index (Phi) is 7.81. The van der Waals surface area contributed by atoms with Gasteiger partial charge in [-0.3, -0.25) is 9.59 Å². The zero-order valence-corrected chi connectivity index (χ0v) is 15.5. The number of unbranched alkanes of at least 4 members (excludes halogenated alkanes) is 2. The van der Waals surface area contributed by atoms with Gasteiger partial charge in [0.15, 0.2) is 11.9 Å². The molecule has 2 aromatic carbocycles. The first-order chi connectivity index (χ1) is 12.6. The van der Waals surface area contributed by atoms with Gasteiger partial charge in [0, 0.05) is 6.92 Å². The predicted octanol–water partition coefficient (Wildman–Crippen LogP) is 5.20. The van der Waals surface area contributed by atoms with E-state index in [-0.39, 0.29) is 5.78 Å². The lowest BCUT2D eigenvalue weighted by atomic mass is 9.95. The summed E-state index contributed by atoms with van der Waals surface area (Å²) >= 11 is 0. The molecule has 0 aliphatic carbocycles. The van der Waals surface area contributed by atoms with Crippen LogP contribution in [0.1, 0.15) is 50.7 Å². The van der Waals surface area contributed by atoms with Gasteiger partial charge in [0.1, 0.15) is 0 Å². The number of benzene rings is 2. The molecule has 136 valence electrons. The highest BCUT2D eigenvalue weighted by Gasteiger charge is 2.20. The minimum Gasteiger partial charge on any atom is -0.454 e. The third-order valence-corrected chi connectivity index (χ3v) is 4.15. The zero-order valence-electron chi connectivity index (χ0n) is 15.5. The molecule has 26 heavy (non-hydrogen) atoms. The maximum atomic E-state index is 12.9. The normalized spacial score (nSPS) is 11.5. The van der Waals surface area contributed by atoms with Crippen molar-refractivity contribution < 1.29 is 14.3 Å². The van der Waals surface area contributed by atoms with E-state index >= 15 is 0 Å². The standard InChI is InChI=1S/C23H26O3/c1-3-4-7-16-23(26-18(2)24)22(25)17-21(19-12-8-5-9-13-19)20-14-10-6-11-15-20/h5-6,8-15,17,23H,3-4,7,16H2,1-2H3. The fraction of sp³-hybridized carbons (Fsp3) is 0.304. The van der Waals surface area contributed by atoms with Crippen LogP contribution in [0.2, 0.25) is 0 Å². The molecule has 0 N–H and O–H groups in total. The summed E-state index contributed by atoms with van der Waals surface area (Å²) in [6, 6.07) is 19.6. The Labute approximate surface area is 155 Å². The number of ether oxygens (including phenoxy) is 1. The van der Waals surface area contributed by atoms with Crippen molar-refractivity contribution in [2.75, 3.05) is 0 Å². The van der Waals surface area contributed by atoms with Gasteiger partial charge in [-0.2, -0.15) is 0 Å². The minimum atomic E-state index is -0.721. The highest BCUT2D eigenvalue weighted by Crippen LogP contribution is 2.24. The van der Waals surface area contributed by atoms with Crippen LogP contribution in [0.3, 0.4) is 0 Å². The SMILES string of the molecule is CCCCCC(OC(C)=O)C(=O)C=C(c1ccccc1)c1ccccc1. The third kappa shape index (κ3) is 5.99. The predicted molar refractivity (Wildman–Crippen MR) is 105 cm³/mol. The van der Waals surface area contributed by atoms with Crippen molar-refractivity contribution in [3.05, 3.63) is 77.9 Å². The zero-order chi connectivity index (χ0) is 18.8. The number of carbonyl (C=O) groups is 2. The van der Waals surface area contributed by atoms with Crippen LogP contribution in [-0.4, -0.2) is 17.9 Å². The molecule has 2 rings (SSSR count). The second-order valence-electron chi connectivity index (χ2n) is 6.29. The van der Waals surface area contributed by atoms with E-state index in [1.54, 1.807) is 6.08 Å². The molecule has 0 aromatic heterocycles. The molecular formula is C23H26O3. The van der Waals surface area contributed by atoms with E-state index in [9.17, 15) is 9.59 Å². The lowest BCUT2D eigenvalue weighted by molar-refractivity contribution is -0.151. The van der Waals surface area contributed by atoms with Crippen LogP contribution in [0.15, 0.2) is 66.7 Å². The van der Waals surface area contributed by atoms with E-state index in [2.05, 4.69) is 6.92 Å². The molecule has 0 saturated carbocycles. The van der Waals surface area contributed by atoms with Gasteiger partial charge in [-0.1, -0.05) is 80.4 Å². The largest absolute Gasteiger partial charge is 0.454 e. The van der Waals surface area contributed by atoms with Crippen LogP contribution in [0.25, 0.3) is 5.57 Å². The van der Waals surface area contributed by atoms with E-state index in [4.69, 9.17) is 4.74 Å². The minimum absolute atomic E-state index is 0.168. The highest BCUT2D eigenvalue weighted by atomic mass is 16.5. The van der Waals surface area contributed by atoms with Gasteiger partial charge in [0.25, 0.3) is 0 Å². The van der Waals surface area contributed by atoms with Crippen molar-refractivity contribution in [2.45, 2.75) is 45.6 Å². The Hall–Kier alpha value is -2.68. The molecule has 0 heterocycles. The molecule has 1 atom stereocenters. The lowest BCUT2D eigenvalue weighted by Crippen LogP contribution is -2.25. The molecule has 1 unspecified atom stereocenters. The van der Waals surface area contributed by atoms with Crippen LogP contribution in [0, 0.1) is 0 Å². The van der Waals surface area contributed by atoms with Crippen molar-refractivity contribution >= 4 is 17.3 Å². The summed E-state index contributed by atoms with van der Waals surface area (Å²) in [5, 5.41) is 0. The van der Waals surface area contributed by atoms with E-state index in [0.717, 1.165) is 36.0 Å². The van der Waals surface area contributed by atoms with Gasteiger partial charge in [-0.05, 0) is 35.6 Å². The van der Waals surface area contributed by atoms with Gasteiger partial charge >= 0.3 is 5.97 Å². The number of esters is 1. The lowest BCUT2D eigenvalue weighted by Gasteiger charge is -2.15. The summed E-state index contributed by atoms with van der Waals surface area (Å²) < 4.78 is 5.30. The summed E-state index contributed by atoms with van der Waals surface area (Å²) in [4.78, 5) is 24.3. The van der Waals surface area contributed by atoms with Crippen molar-refractivity contribution in [1.82, 2.24) is 0 Å². The van der Waals surface area contributed by atoms with E-state index in [1.165, 1.54) is 6.92 Å². The molecule has 0 fully saturated rings. The summed E-state index contributed by atoms with van der Waals surface area (Å²) in [6.45, 7) is 3.45. The molecule has 0 amide bonds. The molecule has 0 bridgehead atoms. The molecule has 0 saturated heterocycles. The van der Waals surface area contributed by atoms with E-state index < -0.39 is 12.1 Å². The fourth-order valence-corrected chi connectivity index (χ4v) is 2.84. The number of carbonyl (C=O) groups excluding carboxylic acids is 2. The molecule has 0 aliphatic heterocycles. The molecule has 0 radical (unpaired) electrons. The molecule has 0 spiro atoms. The van der Waals surface area contributed by atoms with Gasteiger partial charge in [-0.15, -0.1) is 0 Å². The van der Waals surface area contributed by atoms with Crippen LogP contribution >= 0.6 is 0 Å². The van der Waals surface area contributed by atoms with Gasteiger partial charge < -0.3 is 4.74 Å². The van der Waals surface area contributed by atoms with E-state index in [0.29, 0.717) is 6.42 Å². The van der Waals surface area contributed by atoms with Gasteiger partial charge in [0.05, 0.1) is 0 Å². The third-order valence-electron chi connectivity index (χ3n) is 4.15. The van der Waals surface area contributed by atoms with Crippen molar-refractivity contribution in [1.29, 1.82) is 0 Å². The summed E-state index contributed by atoms with van der Waals surface area (Å²) in [5.41, 5.74) is 2.76. The van der Waals surface area contributed by atoms with E-state index in [1.807, 2.05) is 60.7 Å². The topological polar surface area (TPSA) is 43.4 Å². The number of hydrogen-bond donors (Lipinski definition) is 0. The van der Waals surface area contributed by atoms with Gasteiger partial charge in [-0.25, -0.2) is 0 Å². The average molecular weight is 350 g/mol. The fourth-order valence-electron chi connectivity index (χ4n) is 2.84. The molecule has 2 aromatic rings. The Morgan fingerprint density at radius 3 is 1.92 bits per heavy atom. The monoisotopic (exact) mass is 350 g/mol. The summed E-state index contributed by atoms with van der Waals surface area (Å²) in [5.74, 6) is -0.590. The molecule has 0 aliphatic rings. The molecule has 3 nitrogen and oxygen atoms in total. The Bertz CT molecular complexity index is 691. The summed E-state index contributed by atoms with van der Waals surface area (Å²) in [6.07, 6.45) is 4.38. The Morgan fingerprint density at radius 2 is 1.46 bits per heavy atom. The highest BCUT2D eigenvalue weighted by molar-refractivity contribution is 6.03. The number of ketones is 1. The van der Waals surface area contributed by atoms with Crippen molar-refractivity contribution in [3.63, 3.8) is 0 Å². The van der Waals surface area contributed by atoms with Crippen LogP contribution < -0.4 is 0 Å². The Morgan fingerprint density at radius 1 is 0.923 bits per heavy atom. The second-order valence-corrected chi connectivity index (χ2v) is 6.29. The molecule has 3 heteroatoms. The van der Waals surface area contributed by atoms with Crippen LogP contribution in [-0.2, 0) is 14.3 Å². The first-order valence-corrected chi connectivity index (χ1v) is 9.15. The number of rotatable bonds is 9. The maximum absolute atomic E-state index is 12.9. The van der Waals surface area contributed by atoms with Crippen LogP contribution in [0.5, 0.6) is 0 Å². The summed E-state index contributed by atoms with van der Waals surface area (Å²) in [7, 11) is 0. The van der Waals surface area contributed by atoms with Gasteiger partial charge in [0.2, 0.25) is 0 Å². The smallest absolute Gasteiger partial charge is 0.303 e. The first kappa shape index (κ1) is 19.6. The maximum Gasteiger partial charge on any atom is 0.303 e. The number of hydrogen-bond acceptors (Lipinski definition) is 3. The van der Waals surface area contributed by atoms with Crippen molar-refractivity contribution in [2.24, 2.45) is 0 Å².